The van der Waals surface area contributed by atoms with Gasteiger partial charge < -0.3 is 30.3 Å². The van der Waals surface area contributed by atoms with Crippen LogP contribution in [0.5, 0.6) is 0 Å². The summed E-state index contributed by atoms with van der Waals surface area (Å²) in [4.78, 5) is 52.0. The van der Waals surface area contributed by atoms with E-state index in [4.69, 9.17) is 4.74 Å². The molecule has 6 atom stereocenters. The van der Waals surface area contributed by atoms with Gasteiger partial charge in [-0.05, 0) is 27.7 Å². The Morgan fingerprint density at radius 2 is 1.00 bits per heavy atom. The van der Waals surface area contributed by atoms with Gasteiger partial charge in [0.2, 0.25) is 11.2 Å². The summed E-state index contributed by atoms with van der Waals surface area (Å²) in [6, 6.07) is 0.264. The molecular formula is C34H62O10Si. The number of hydrogen-bond acceptors (Lipinski definition) is 10. The summed E-state index contributed by atoms with van der Waals surface area (Å²) < 4.78 is 5.69. The van der Waals surface area contributed by atoms with Gasteiger partial charge in [0.1, 0.15) is 14.2 Å². The Morgan fingerprint density at radius 1 is 0.644 bits per heavy atom. The Bertz CT molecular complexity index is 999. The molecule has 1 aliphatic heterocycles. The van der Waals surface area contributed by atoms with E-state index in [2.05, 4.69) is 6.92 Å². The molecule has 1 rings (SSSR count). The van der Waals surface area contributed by atoms with Gasteiger partial charge in [-0.2, -0.15) is 0 Å². The monoisotopic (exact) mass is 658 g/mol. The summed E-state index contributed by atoms with van der Waals surface area (Å²) in [5.41, 5.74) is -13.6. The molecule has 0 radical (unpaired) electrons. The summed E-state index contributed by atoms with van der Waals surface area (Å²) in [5, 5.41) is 57.4. The molecule has 0 aromatic carbocycles. The van der Waals surface area contributed by atoms with Crippen molar-refractivity contribution >= 4 is 31.2 Å². The summed E-state index contributed by atoms with van der Waals surface area (Å²) in [7, 11) is -3.49. The van der Waals surface area contributed by atoms with Crippen LogP contribution in [0, 0.1) is 0 Å². The molecule has 262 valence electrons. The average Bonchev–Trinajstić information content (AvgIpc) is 2.96. The first-order chi connectivity index (χ1) is 20.8. The Morgan fingerprint density at radius 3 is 1.31 bits per heavy atom. The molecule has 0 aromatic heterocycles. The Kier molecular flexibility index (Phi) is 16.4. The van der Waals surface area contributed by atoms with Crippen LogP contribution in [0.3, 0.4) is 0 Å². The van der Waals surface area contributed by atoms with E-state index in [1.807, 2.05) is 0 Å². The number of hydrogen-bond donors (Lipinski definition) is 5. The Labute approximate surface area is 271 Å². The third-order valence-electron chi connectivity index (χ3n) is 10.0. The van der Waals surface area contributed by atoms with Crippen LogP contribution in [0.2, 0.25) is 19.1 Å². The van der Waals surface area contributed by atoms with Gasteiger partial charge in [-0.15, -0.1) is 0 Å². The standard InChI is InChI=1S/C34H62O10Si/c1-8-9-10-11-12-13-14-15-16-17-18-19-20-21-22-23-24-45(6,7)34(43)33(42,28(5)38)32(41,27(4)37)31(40,26(3)36)30(44-34)29(39)25(2)35/h25,30,35,40-43H,8-24H2,1-7H3/t25?,30-,31-,32+,33-,34-/m1/s1. The highest BCUT2D eigenvalue weighted by Gasteiger charge is 2.85. The summed E-state index contributed by atoms with van der Waals surface area (Å²) in [6.45, 7) is 8.72. The van der Waals surface area contributed by atoms with Gasteiger partial charge in [-0.1, -0.05) is 129 Å². The predicted octanol–water partition coefficient (Wildman–Crippen LogP) is 4.49. The van der Waals surface area contributed by atoms with E-state index in [9.17, 15) is 44.7 Å². The Hall–Kier alpha value is -1.34. The van der Waals surface area contributed by atoms with Crippen molar-refractivity contribution in [3.8, 4) is 0 Å². The van der Waals surface area contributed by atoms with Gasteiger partial charge in [0, 0.05) is 0 Å². The number of carbonyl (C=O) groups excluding carboxylic acids is 4. The maximum Gasteiger partial charge on any atom is 0.211 e. The number of aliphatic hydroxyl groups is 5. The molecular weight excluding hydrogens is 596 g/mol. The van der Waals surface area contributed by atoms with Crippen molar-refractivity contribution in [2.75, 3.05) is 0 Å². The lowest BCUT2D eigenvalue weighted by molar-refractivity contribution is -0.372. The van der Waals surface area contributed by atoms with Crippen molar-refractivity contribution in [1.82, 2.24) is 0 Å². The van der Waals surface area contributed by atoms with Gasteiger partial charge in [0.15, 0.2) is 40.2 Å². The normalized spacial score (nSPS) is 29.4. The largest absolute Gasteiger partial charge is 0.386 e. The van der Waals surface area contributed by atoms with E-state index in [0.717, 1.165) is 53.4 Å². The molecule has 0 amide bonds. The quantitative estimate of drug-likeness (QED) is 0.0776. The van der Waals surface area contributed by atoms with Crippen molar-refractivity contribution in [2.24, 2.45) is 0 Å². The number of aliphatic hydroxyl groups excluding tert-OH is 1. The van der Waals surface area contributed by atoms with Crippen molar-refractivity contribution in [1.29, 1.82) is 0 Å². The molecule has 1 saturated heterocycles. The molecule has 1 heterocycles. The third kappa shape index (κ3) is 8.58. The number of Topliss-reactive ketones (excluding diaryl/α,β-unsaturated/α-hetero) is 4. The molecule has 0 aliphatic carbocycles. The second kappa shape index (κ2) is 17.7. The lowest BCUT2D eigenvalue weighted by Gasteiger charge is -2.63. The van der Waals surface area contributed by atoms with Gasteiger partial charge in [-0.3, -0.25) is 19.2 Å². The number of carbonyl (C=O) groups is 4. The summed E-state index contributed by atoms with van der Waals surface area (Å²) >= 11 is 0. The third-order valence-corrected chi connectivity index (χ3v) is 13.9. The molecule has 0 aromatic rings. The second-order valence-corrected chi connectivity index (χ2v) is 19.0. The molecule has 0 bridgehead atoms. The minimum Gasteiger partial charge on any atom is -0.386 e. The Balaban J connectivity index is 2.91. The van der Waals surface area contributed by atoms with E-state index in [1.54, 1.807) is 13.1 Å². The molecule has 1 fully saturated rings. The second-order valence-electron chi connectivity index (χ2n) is 14.0. The van der Waals surface area contributed by atoms with Crippen molar-refractivity contribution in [2.45, 2.75) is 191 Å². The van der Waals surface area contributed by atoms with E-state index < -0.39 is 65.6 Å². The highest BCUT2D eigenvalue weighted by atomic mass is 28.3. The molecule has 45 heavy (non-hydrogen) atoms. The molecule has 0 spiro atoms. The van der Waals surface area contributed by atoms with Crippen LogP contribution in [0.15, 0.2) is 0 Å². The fourth-order valence-electron chi connectivity index (χ4n) is 6.92. The molecule has 11 heteroatoms. The summed E-state index contributed by atoms with van der Waals surface area (Å²) in [6.07, 6.45) is 14.4. The molecule has 1 unspecified atom stereocenters. The average molecular weight is 659 g/mol. The van der Waals surface area contributed by atoms with Crippen molar-refractivity contribution in [3.63, 3.8) is 0 Å². The van der Waals surface area contributed by atoms with Gasteiger partial charge in [0.25, 0.3) is 0 Å². The van der Waals surface area contributed by atoms with Crippen LogP contribution in [0.1, 0.15) is 137 Å². The van der Waals surface area contributed by atoms with E-state index >= 15 is 0 Å². The van der Waals surface area contributed by atoms with Gasteiger partial charge >= 0.3 is 0 Å². The predicted molar refractivity (Wildman–Crippen MR) is 175 cm³/mol. The zero-order valence-corrected chi connectivity index (χ0v) is 30.0. The maximum absolute atomic E-state index is 13.1. The topological polar surface area (TPSA) is 179 Å². The van der Waals surface area contributed by atoms with Crippen LogP contribution < -0.4 is 0 Å². The molecule has 1 aliphatic rings. The SMILES string of the molecule is CCCCCCCCCCCCCCCCCC[Si](C)(C)[C@]1(O)O[C@H](C(=O)C(C)O)[C@](O)(C(C)=O)[C@@](O)(C(C)=O)[C@]1(O)C(C)=O. The zero-order chi connectivity index (χ0) is 34.7. The van der Waals surface area contributed by atoms with Crippen LogP contribution >= 0.6 is 0 Å². The van der Waals surface area contributed by atoms with E-state index in [0.29, 0.717) is 6.42 Å². The first kappa shape index (κ1) is 41.7. The summed E-state index contributed by atoms with van der Waals surface area (Å²) in [5.74, 6) is -5.41. The highest BCUT2D eigenvalue weighted by Crippen LogP contribution is 2.54. The van der Waals surface area contributed by atoms with Crippen molar-refractivity contribution < 1.29 is 49.4 Å². The van der Waals surface area contributed by atoms with E-state index in [1.165, 1.54) is 70.6 Å². The van der Waals surface area contributed by atoms with Gasteiger partial charge in [-0.25, -0.2) is 0 Å². The number of rotatable bonds is 23. The molecule has 0 saturated carbocycles. The highest BCUT2D eigenvalue weighted by molar-refractivity contribution is 6.80. The first-order valence-electron chi connectivity index (χ1n) is 17.2. The molecule has 10 nitrogen and oxygen atoms in total. The molecule has 5 N–H and O–H groups in total. The van der Waals surface area contributed by atoms with Crippen LogP contribution in [0.4, 0.5) is 0 Å². The van der Waals surface area contributed by atoms with Crippen LogP contribution in [-0.4, -0.2) is 91.2 Å². The van der Waals surface area contributed by atoms with Gasteiger partial charge in [0.05, 0.1) is 0 Å². The number of unbranched alkanes of at least 4 members (excludes halogenated alkanes) is 15. The van der Waals surface area contributed by atoms with E-state index in [-0.39, 0.29) is 6.04 Å². The minimum atomic E-state index is -3.65. The van der Waals surface area contributed by atoms with Crippen LogP contribution in [-0.2, 0) is 23.9 Å². The maximum atomic E-state index is 13.1. The lowest BCUT2D eigenvalue weighted by atomic mass is 9.60. The van der Waals surface area contributed by atoms with Crippen LogP contribution in [0.25, 0.3) is 0 Å². The fraction of sp³-hybridized carbons (Fsp3) is 0.882. The first-order valence-corrected chi connectivity index (χ1v) is 20.4. The zero-order valence-electron chi connectivity index (χ0n) is 29.0. The number of ketones is 4. The van der Waals surface area contributed by atoms with Crippen molar-refractivity contribution in [3.05, 3.63) is 0 Å². The number of ether oxygens (including phenoxy) is 1. The lowest BCUT2D eigenvalue weighted by Crippen LogP contribution is -2.93. The fourth-order valence-corrected chi connectivity index (χ4v) is 10.2. The minimum absolute atomic E-state index is 0.264. The smallest absolute Gasteiger partial charge is 0.211 e.